The molecule has 0 radical (unpaired) electrons. The van der Waals surface area contributed by atoms with E-state index in [1.165, 1.54) is 6.20 Å². The molecule has 4 N–H and O–H groups in total. The molecule has 2 rings (SSSR count). The predicted octanol–water partition coefficient (Wildman–Crippen LogP) is 2.65. The van der Waals surface area contributed by atoms with Crippen LogP contribution in [0.4, 0.5) is 5.82 Å². The molecular weight excluding hydrogens is 469 g/mol. The molecule has 0 spiro atoms. The zero-order valence-electron chi connectivity index (χ0n) is 13.4. The van der Waals surface area contributed by atoms with Gasteiger partial charge in [-0.2, -0.15) is 0 Å². The number of rotatable bonds is 4. The number of carbonyl (C=O) groups excluding carboxylic acids is 1. The number of aromatic nitrogens is 2. The van der Waals surface area contributed by atoms with Crippen LogP contribution < -0.4 is 11.1 Å². The summed E-state index contributed by atoms with van der Waals surface area (Å²) in [6.45, 7) is 2.20. The summed E-state index contributed by atoms with van der Waals surface area (Å²) in [7, 11) is 0. The van der Waals surface area contributed by atoms with E-state index in [0.29, 0.717) is 27.7 Å². The smallest absolute Gasteiger partial charge is 0.325 e. The van der Waals surface area contributed by atoms with Crippen LogP contribution in [0.1, 0.15) is 32.6 Å². The van der Waals surface area contributed by atoms with Crippen LogP contribution in [0.3, 0.4) is 0 Å². The van der Waals surface area contributed by atoms with Gasteiger partial charge in [-0.1, -0.05) is 0 Å². The first-order chi connectivity index (χ1) is 10.9. The van der Waals surface area contributed by atoms with Gasteiger partial charge in [-0.25, -0.2) is 9.97 Å². The Labute approximate surface area is 164 Å². The number of halogens is 3. The van der Waals surface area contributed by atoms with E-state index >= 15 is 0 Å². The summed E-state index contributed by atoms with van der Waals surface area (Å²) >= 11 is 6.40. The molecule has 24 heavy (non-hydrogen) atoms. The van der Waals surface area contributed by atoms with E-state index in [0.717, 1.165) is 25.7 Å². The minimum atomic E-state index is -0.325. The van der Waals surface area contributed by atoms with Crippen molar-refractivity contribution in [2.75, 3.05) is 18.5 Å². The molecule has 0 saturated heterocycles. The van der Waals surface area contributed by atoms with Gasteiger partial charge in [0.25, 0.3) is 0 Å². The number of aliphatic hydroxyl groups is 1. The number of nitrogens with zero attached hydrogens (tertiary/aromatic N) is 2. The van der Waals surface area contributed by atoms with Crippen molar-refractivity contribution in [3.05, 3.63) is 15.4 Å². The van der Waals surface area contributed by atoms with Crippen LogP contribution in [-0.4, -0.2) is 46.3 Å². The number of ether oxygens (including phenoxy) is 1. The monoisotopic (exact) mass is 490 g/mol. The Hall–Kier alpha value is -0.480. The number of hydrogen-bond acceptors (Lipinski definition) is 7. The zero-order valence-corrected chi connectivity index (χ0v) is 17.4. The van der Waals surface area contributed by atoms with Crippen LogP contribution in [-0.2, 0) is 9.53 Å². The summed E-state index contributed by atoms with van der Waals surface area (Å²) < 4.78 is 5.92. The SMILES string of the molecule is CCO[13C](=O)[13CH2]Nc1ncc(Br)nc1Br.Cl.NC1CCC(O)CC1. The van der Waals surface area contributed by atoms with Crippen LogP contribution in [0, 0.1) is 0 Å². The summed E-state index contributed by atoms with van der Waals surface area (Å²) in [4.78, 5) is 19.1. The molecule has 0 bridgehead atoms. The van der Waals surface area contributed by atoms with E-state index in [1.54, 1.807) is 6.92 Å². The molecule has 138 valence electrons. The number of aliphatic hydroxyl groups excluding tert-OH is 1. The Balaban J connectivity index is 0.000000498. The summed E-state index contributed by atoms with van der Waals surface area (Å²) in [6, 6.07) is 0.360. The van der Waals surface area contributed by atoms with Crippen molar-refractivity contribution >= 4 is 56.1 Å². The molecule has 0 amide bonds. The maximum absolute atomic E-state index is 11.0. The van der Waals surface area contributed by atoms with Crippen molar-refractivity contribution in [1.82, 2.24) is 9.97 Å². The molecule has 1 fully saturated rings. The molecule has 0 atom stereocenters. The minimum absolute atomic E-state index is 0. The highest BCUT2D eigenvalue weighted by Gasteiger charge is 2.14. The fourth-order valence-electron chi connectivity index (χ4n) is 1.93. The number of esters is 1. The second-order valence-corrected chi connectivity index (χ2v) is 6.62. The van der Waals surface area contributed by atoms with Gasteiger partial charge < -0.3 is 20.9 Å². The molecule has 0 unspecified atom stereocenters. The van der Waals surface area contributed by atoms with E-state index in [-0.39, 0.29) is 31.0 Å². The topological polar surface area (TPSA) is 110 Å². The predicted molar refractivity (Wildman–Crippen MR) is 102 cm³/mol. The molecule has 7 nitrogen and oxygen atoms in total. The summed E-state index contributed by atoms with van der Waals surface area (Å²) in [5.74, 6) is 0.181. The Morgan fingerprint density at radius 2 is 2.04 bits per heavy atom. The van der Waals surface area contributed by atoms with Crippen LogP contribution in [0.5, 0.6) is 0 Å². The van der Waals surface area contributed by atoms with Gasteiger partial charge in [0.15, 0.2) is 5.82 Å². The average Bonchev–Trinajstić information content (AvgIpc) is 2.50. The van der Waals surface area contributed by atoms with Crippen LogP contribution in [0.25, 0.3) is 0 Å². The number of anilines is 1. The lowest BCUT2D eigenvalue weighted by Crippen LogP contribution is -2.28. The Morgan fingerprint density at radius 3 is 2.54 bits per heavy atom. The van der Waals surface area contributed by atoms with E-state index in [1.807, 2.05) is 0 Å². The third-order valence-electron chi connectivity index (χ3n) is 3.15. The lowest BCUT2D eigenvalue weighted by Gasteiger charge is -2.21. The van der Waals surface area contributed by atoms with Crippen molar-refractivity contribution in [3.63, 3.8) is 0 Å². The lowest BCUT2D eigenvalue weighted by molar-refractivity contribution is -0.140. The van der Waals surface area contributed by atoms with Crippen LogP contribution in [0.2, 0.25) is 0 Å². The second-order valence-electron chi connectivity index (χ2n) is 5.06. The molecule has 1 heterocycles. The normalized spacial score (nSPS) is 19.4. The van der Waals surface area contributed by atoms with Gasteiger partial charge in [-0.15, -0.1) is 12.4 Å². The van der Waals surface area contributed by atoms with Gasteiger partial charge >= 0.3 is 5.97 Å². The van der Waals surface area contributed by atoms with Gasteiger partial charge in [-0.3, -0.25) is 4.79 Å². The molecule has 1 saturated carbocycles. The fraction of sp³-hybridized carbons (Fsp3) is 0.643. The van der Waals surface area contributed by atoms with Crippen LogP contribution in [0.15, 0.2) is 15.4 Å². The molecule has 10 heteroatoms. The third kappa shape index (κ3) is 9.73. The van der Waals surface area contributed by atoms with E-state index < -0.39 is 0 Å². The number of carbonyl (C=O) groups is 1. The van der Waals surface area contributed by atoms with Gasteiger partial charge in [0.2, 0.25) is 0 Å². The minimum Gasteiger partial charge on any atom is -0.465 e. The summed E-state index contributed by atoms with van der Waals surface area (Å²) in [5.41, 5.74) is 5.59. The van der Waals surface area contributed by atoms with Crippen LogP contribution >= 0.6 is 44.3 Å². The number of nitrogens with two attached hydrogens (primary N) is 1. The van der Waals surface area contributed by atoms with E-state index in [2.05, 4.69) is 47.1 Å². The maximum Gasteiger partial charge on any atom is 0.325 e. The summed E-state index contributed by atoms with van der Waals surface area (Å²) in [6.07, 6.45) is 5.29. The lowest BCUT2D eigenvalue weighted by atomic mass is 9.94. The van der Waals surface area contributed by atoms with Crippen molar-refractivity contribution < 1.29 is 14.6 Å². The Morgan fingerprint density at radius 1 is 1.42 bits per heavy atom. The molecule has 1 aliphatic rings. The average molecular weight is 493 g/mol. The van der Waals surface area contributed by atoms with Crippen molar-refractivity contribution in [2.24, 2.45) is 5.73 Å². The van der Waals surface area contributed by atoms with Gasteiger partial charge in [0.05, 0.1) is 18.9 Å². The Bertz CT molecular complexity index is 493. The fourth-order valence-corrected chi connectivity index (χ4v) is 2.89. The largest absolute Gasteiger partial charge is 0.465 e. The zero-order chi connectivity index (χ0) is 17.2. The highest BCUT2D eigenvalue weighted by atomic mass is 79.9. The Kier molecular flexibility index (Phi) is 12.6. The first kappa shape index (κ1) is 23.5. The molecule has 1 aromatic heterocycles. The highest BCUT2D eigenvalue weighted by molar-refractivity contribution is 9.11. The van der Waals surface area contributed by atoms with Gasteiger partial charge in [0.1, 0.15) is 15.8 Å². The van der Waals surface area contributed by atoms with Crippen molar-refractivity contribution in [1.29, 1.82) is 0 Å². The van der Waals surface area contributed by atoms with Gasteiger partial charge in [-0.05, 0) is 64.5 Å². The molecule has 1 aliphatic carbocycles. The van der Waals surface area contributed by atoms with E-state index in [9.17, 15) is 4.79 Å². The second kappa shape index (κ2) is 12.8. The highest BCUT2D eigenvalue weighted by Crippen LogP contribution is 2.19. The standard InChI is InChI=1S/C8H9Br2N3O2.C6H13NO.ClH/c1-2-15-6(14)4-12-8-7(10)13-5(9)3-11-8;7-5-1-3-6(8)4-2-5;/h3H,2,4H2,1H3,(H,11,12);5-6,8H,1-4,7H2;1H/i4+1,6+1;;. The first-order valence-electron chi connectivity index (χ1n) is 7.43. The quantitative estimate of drug-likeness (QED) is 0.438. The third-order valence-corrected chi connectivity index (χ3v) is 4.08. The molecule has 0 aromatic carbocycles. The maximum atomic E-state index is 11.0. The van der Waals surface area contributed by atoms with Gasteiger partial charge in [0, 0.05) is 6.04 Å². The first-order valence-corrected chi connectivity index (χ1v) is 9.02. The van der Waals surface area contributed by atoms with Crippen molar-refractivity contribution in [3.8, 4) is 0 Å². The summed E-state index contributed by atoms with van der Waals surface area (Å²) in [5, 5.41) is 11.8. The van der Waals surface area contributed by atoms with Crippen molar-refractivity contribution in [2.45, 2.75) is 44.8 Å². The number of hydrogen-bond donors (Lipinski definition) is 3. The molecule has 1 aromatic rings. The molecule has 0 aliphatic heterocycles. The number of nitrogens with one attached hydrogen (secondary N) is 1. The molecular formula is C14H23Br2ClN4O3. The van der Waals surface area contributed by atoms with E-state index in [4.69, 9.17) is 15.6 Å².